The van der Waals surface area contributed by atoms with Crippen LogP contribution in [0.25, 0.3) is 154 Å². The maximum absolute atomic E-state index is 12.5. The fraction of sp³-hybridized carbons (Fsp3) is 0. The molecule has 7 heteroatoms. The molecule has 11 aromatic carbocycles. The summed E-state index contributed by atoms with van der Waals surface area (Å²) in [5, 5.41) is 23.9. The standard InChI is InChI=1S/C68H36N4S3/c1-70-60-59(41-21-9-4-10-22-41)65(72-63-48(32-35-51-45-24-12-15-27-56(45)74-67(51)63)49-33-36-52-46-25-13-16-28-57(46)75-68(52)64(49)72)58(40-19-7-3-8-20-40)53(38-69)61(60)71-54-37-42(39-17-5-2-6-18-39)29-30-43(54)47-31-34-50-44-23-11-14-26-55(44)73-66(50)62(47)71/h2-37H. The summed E-state index contributed by atoms with van der Waals surface area (Å²) in [7, 11) is 0. The van der Waals surface area contributed by atoms with E-state index in [-0.39, 0.29) is 0 Å². The summed E-state index contributed by atoms with van der Waals surface area (Å²) in [4.78, 5) is 4.76. The van der Waals surface area contributed by atoms with Gasteiger partial charge in [0.05, 0.1) is 59.7 Å². The molecule has 0 fully saturated rings. The molecule has 0 N–H and O–H groups in total. The van der Waals surface area contributed by atoms with Crippen molar-refractivity contribution in [3.8, 4) is 50.8 Å². The molecule has 4 nitrogen and oxygen atoms in total. The lowest BCUT2D eigenvalue weighted by Crippen LogP contribution is -2.08. The number of nitrogens with zero attached hydrogens (tertiary/aromatic N) is 4. The molecule has 0 saturated heterocycles. The quantitative estimate of drug-likeness (QED) is 0.158. The van der Waals surface area contributed by atoms with Crippen molar-refractivity contribution in [3.05, 3.63) is 235 Å². The van der Waals surface area contributed by atoms with Crippen molar-refractivity contribution >= 4 is 144 Å². The Balaban J connectivity index is 1.19. The highest BCUT2D eigenvalue weighted by molar-refractivity contribution is 7.27. The van der Waals surface area contributed by atoms with Crippen molar-refractivity contribution in [1.82, 2.24) is 9.13 Å². The first-order chi connectivity index (χ1) is 37.2. The smallest absolute Gasteiger partial charge is 0.221 e. The summed E-state index contributed by atoms with van der Waals surface area (Å²) in [6, 6.07) is 80.7. The highest BCUT2D eigenvalue weighted by atomic mass is 32.1. The zero-order valence-corrected chi connectivity index (χ0v) is 42.2. The minimum atomic E-state index is 0.413. The maximum Gasteiger partial charge on any atom is 0.221 e. The van der Waals surface area contributed by atoms with Crippen molar-refractivity contribution in [2.45, 2.75) is 0 Å². The van der Waals surface area contributed by atoms with Gasteiger partial charge >= 0.3 is 0 Å². The van der Waals surface area contributed by atoms with E-state index >= 15 is 0 Å². The minimum Gasteiger partial charge on any atom is -0.316 e. The molecule has 75 heavy (non-hydrogen) atoms. The van der Waals surface area contributed by atoms with E-state index in [2.05, 4.69) is 215 Å². The van der Waals surface area contributed by atoms with Crippen molar-refractivity contribution in [3.63, 3.8) is 0 Å². The van der Waals surface area contributed by atoms with Gasteiger partial charge in [0.2, 0.25) is 5.69 Å². The average Bonchev–Trinajstić information content (AvgIpc) is 4.43. The van der Waals surface area contributed by atoms with E-state index < -0.39 is 0 Å². The fourth-order valence-corrected chi connectivity index (χ4v) is 15.9. The Bertz CT molecular complexity index is 4990. The fourth-order valence-electron chi connectivity index (χ4n) is 12.2. The molecule has 0 bridgehead atoms. The Labute approximate surface area is 441 Å². The number of nitriles is 1. The van der Waals surface area contributed by atoms with Gasteiger partial charge in [-0.15, -0.1) is 34.0 Å². The second-order valence-corrected chi connectivity index (χ2v) is 22.4. The average molecular weight is 1010 g/mol. The molecule has 0 spiro atoms. The number of benzene rings is 11. The first-order valence-corrected chi connectivity index (χ1v) is 27.4. The van der Waals surface area contributed by atoms with Gasteiger partial charge < -0.3 is 9.13 Å². The second-order valence-electron chi connectivity index (χ2n) is 19.2. The summed E-state index contributed by atoms with van der Waals surface area (Å²) < 4.78 is 11.8. The maximum atomic E-state index is 12.5. The normalized spacial score (nSPS) is 12.0. The lowest BCUT2D eigenvalue weighted by atomic mass is 9.88. The molecular formula is C68H36N4S3. The molecule has 0 atom stereocenters. The first kappa shape index (κ1) is 42.2. The molecule has 0 saturated carbocycles. The van der Waals surface area contributed by atoms with Crippen LogP contribution < -0.4 is 0 Å². The number of hydrogen-bond acceptors (Lipinski definition) is 4. The molecule has 0 unspecified atom stereocenters. The van der Waals surface area contributed by atoms with E-state index in [9.17, 15) is 11.8 Å². The molecule has 5 aromatic heterocycles. The molecule has 5 heterocycles. The van der Waals surface area contributed by atoms with E-state index in [4.69, 9.17) is 4.85 Å². The number of fused-ring (bicyclic) bond motifs is 18. The van der Waals surface area contributed by atoms with Crippen LogP contribution >= 0.6 is 34.0 Å². The number of aromatic nitrogens is 2. The molecule has 16 aromatic rings. The van der Waals surface area contributed by atoms with Gasteiger partial charge in [0.1, 0.15) is 6.07 Å². The van der Waals surface area contributed by atoms with Crippen LogP contribution in [0.1, 0.15) is 5.56 Å². The third-order valence-electron chi connectivity index (χ3n) is 15.4. The zero-order chi connectivity index (χ0) is 49.5. The molecule has 0 aliphatic carbocycles. The Morgan fingerprint density at radius 2 is 0.760 bits per heavy atom. The van der Waals surface area contributed by atoms with Crippen LogP contribution in [0.2, 0.25) is 0 Å². The predicted octanol–water partition coefficient (Wildman–Crippen LogP) is 20.4. The van der Waals surface area contributed by atoms with Crippen LogP contribution in [0.4, 0.5) is 5.69 Å². The predicted molar refractivity (Wildman–Crippen MR) is 321 cm³/mol. The highest BCUT2D eigenvalue weighted by Gasteiger charge is 2.33. The summed E-state index contributed by atoms with van der Waals surface area (Å²) in [5.41, 5.74) is 11.7. The van der Waals surface area contributed by atoms with Crippen LogP contribution in [-0.4, -0.2) is 9.13 Å². The molecule has 0 aliphatic heterocycles. The van der Waals surface area contributed by atoms with Crippen molar-refractivity contribution in [2.24, 2.45) is 0 Å². The molecular weight excluding hydrogens is 969 g/mol. The second kappa shape index (κ2) is 16.1. The van der Waals surface area contributed by atoms with Gasteiger partial charge in [0, 0.05) is 79.1 Å². The first-order valence-electron chi connectivity index (χ1n) is 24.9. The Hall–Kier alpha value is -9.34. The van der Waals surface area contributed by atoms with Gasteiger partial charge in [-0.05, 0) is 46.5 Å². The molecule has 16 rings (SSSR count). The number of thiophene rings is 3. The molecule has 0 amide bonds. The van der Waals surface area contributed by atoms with Gasteiger partial charge in [0.15, 0.2) is 0 Å². The van der Waals surface area contributed by atoms with Crippen molar-refractivity contribution in [2.75, 3.05) is 0 Å². The van der Waals surface area contributed by atoms with Crippen LogP contribution in [0.5, 0.6) is 0 Å². The van der Waals surface area contributed by atoms with Gasteiger partial charge in [-0.2, -0.15) is 5.26 Å². The minimum absolute atomic E-state index is 0.413. The van der Waals surface area contributed by atoms with Gasteiger partial charge in [-0.3, -0.25) is 0 Å². The summed E-state index contributed by atoms with van der Waals surface area (Å²) in [5.74, 6) is 0. The van der Waals surface area contributed by atoms with Crippen molar-refractivity contribution in [1.29, 1.82) is 5.26 Å². The van der Waals surface area contributed by atoms with E-state index in [1.54, 1.807) is 11.3 Å². The Morgan fingerprint density at radius 1 is 0.360 bits per heavy atom. The molecule has 0 aliphatic rings. The SMILES string of the molecule is [C-]#[N+]c1c(-c2ccccc2)c(-n2c3c(ccc4c5ccccc5sc43)c3ccc4c5ccccc5sc4c32)c(-c2ccccc2)c(C#N)c1-n1c2cc(-c3ccccc3)ccc2c2ccc3c4ccccc4sc3c21. The van der Waals surface area contributed by atoms with Gasteiger partial charge in [0.25, 0.3) is 0 Å². The monoisotopic (exact) mass is 1000 g/mol. The lowest BCUT2D eigenvalue weighted by Gasteiger charge is -2.26. The topological polar surface area (TPSA) is 38.0 Å². The summed E-state index contributed by atoms with van der Waals surface area (Å²) in [6.07, 6.45) is 0. The van der Waals surface area contributed by atoms with Gasteiger partial charge in [-0.25, -0.2) is 4.85 Å². The van der Waals surface area contributed by atoms with E-state index in [0.29, 0.717) is 16.9 Å². The molecule has 0 radical (unpaired) electrons. The van der Waals surface area contributed by atoms with E-state index in [1.807, 2.05) is 40.9 Å². The zero-order valence-electron chi connectivity index (χ0n) is 39.8. The number of hydrogen-bond donors (Lipinski definition) is 0. The van der Waals surface area contributed by atoms with E-state index in [0.717, 1.165) is 102 Å². The van der Waals surface area contributed by atoms with Crippen LogP contribution in [0, 0.1) is 17.9 Å². The summed E-state index contributed by atoms with van der Waals surface area (Å²) in [6.45, 7) is 9.72. The van der Waals surface area contributed by atoms with Gasteiger partial charge in [-0.1, -0.05) is 194 Å². The van der Waals surface area contributed by atoms with Crippen LogP contribution in [0.15, 0.2) is 218 Å². The molecule has 346 valence electrons. The van der Waals surface area contributed by atoms with Crippen molar-refractivity contribution < 1.29 is 0 Å². The highest BCUT2D eigenvalue weighted by Crippen LogP contribution is 2.56. The van der Waals surface area contributed by atoms with E-state index in [1.165, 1.54) is 41.0 Å². The van der Waals surface area contributed by atoms with Crippen LogP contribution in [0.3, 0.4) is 0 Å². The Kier molecular flexibility index (Phi) is 9.05. The van der Waals surface area contributed by atoms with Crippen LogP contribution in [-0.2, 0) is 0 Å². The largest absolute Gasteiger partial charge is 0.316 e. The third-order valence-corrected chi connectivity index (χ3v) is 19.0. The summed E-state index contributed by atoms with van der Waals surface area (Å²) >= 11 is 5.39. The third kappa shape index (κ3) is 5.89. The lowest BCUT2D eigenvalue weighted by molar-refractivity contribution is 1.15. The Morgan fingerprint density at radius 3 is 1.24 bits per heavy atom. The number of rotatable bonds is 5.